The molecule has 8 nitrogen and oxygen atoms in total. The number of carbonyl (C=O) groups excluding carboxylic acids is 1. The van der Waals surface area contributed by atoms with Gasteiger partial charge < -0.3 is 10.2 Å². The molecule has 1 rings (SSSR count). The number of aliphatic hydroxyl groups excluding tert-OH is 2. The predicted octanol–water partition coefficient (Wildman–Crippen LogP) is 3.67. The zero-order chi connectivity index (χ0) is 25.3. The lowest BCUT2D eigenvalue weighted by molar-refractivity contribution is -0.837. The van der Waals surface area contributed by atoms with Crippen molar-refractivity contribution in [1.29, 1.82) is 0 Å². The van der Waals surface area contributed by atoms with Gasteiger partial charge in [0.15, 0.2) is 0 Å². The molecule has 0 amide bonds. The van der Waals surface area contributed by atoms with Crippen LogP contribution >= 0.6 is 0 Å². The van der Waals surface area contributed by atoms with Crippen molar-refractivity contribution in [3.63, 3.8) is 0 Å². The Balaban J connectivity index is 2.25. The molecule has 0 saturated heterocycles. The molecule has 2 atom stereocenters. The van der Waals surface area contributed by atoms with Gasteiger partial charge in [0.25, 0.3) is 16.0 Å². The standard InChI is InChI=1S/C25H46N2O6S/c1-2-3-4-5-6-7-8-9-10-11-12-13-14-15-16-24(30)25-26-17-18-27(25,19-20-28)21-23(29)22-34(31,32)33/h2-3,23,28-29H,4-22H2,1H3/p+1/b3-2+. The summed E-state index contributed by atoms with van der Waals surface area (Å²) in [6, 6.07) is 0. The van der Waals surface area contributed by atoms with E-state index in [1.165, 1.54) is 57.8 Å². The summed E-state index contributed by atoms with van der Waals surface area (Å²) in [5.41, 5.74) is 0. The summed E-state index contributed by atoms with van der Waals surface area (Å²) in [5.74, 6) is -0.579. The van der Waals surface area contributed by atoms with Gasteiger partial charge >= 0.3 is 0 Å². The molecule has 0 radical (unpaired) electrons. The van der Waals surface area contributed by atoms with Crippen molar-refractivity contribution in [3.05, 3.63) is 12.2 Å². The predicted molar refractivity (Wildman–Crippen MR) is 137 cm³/mol. The molecular formula is C25H47N2O6S+. The molecule has 0 aliphatic carbocycles. The van der Waals surface area contributed by atoms with E-state index in [0.29, 0.717) is 25.3 Å². The van der Waals surface area contributed by atoms with Gasteiger partial charge in [-0.1, -0.05) is 69.9 Å². The number of unbranched alkanes of at least 4 members (excludes halogenated alkanes) is 11. The van der Waals surface area contributed by atoms with E-state index in [0.717, 1.165) is 19.3 Å². The molecule has 0 spiro atoms. The monoisotopic (exact) mass is 503 g/mol. The van der Waals surface area contributed by atoms with Crippen LogP contribution in [0.3, 0.4) is 0 Å². The third-order valence-corrected chi connectivity index (χ3v) is 7.30. The van der Waals surface area contributed by atoms with Gasteiger partial charge in [-0.2, -0.15) is 8.42 Å². The highest BCUT2D eigenvalue weighted by Crippen LogP contribution is 2.20. The maximum Gasteiger partial charge on any atom is 0.267 e. The quantitative estimate of drug-likeness (QED) is 0.0950. The number of rotatable bonds is 21. The lowest BCUT2D eigenvalue weighted by Gasteiger charge is -2.34. The fraction of sp³-hybridized carbons (Fsp3) is 0.840. The smallest absolute Gasteiger partial charge is 0.267 e. The number of aliphatic imine (C=N–C) groups is 1. The molecule has 0 aromatic carbocycles. The van der Waals surface area contributed by atoms with Crippen molar-refractivity contribution in [2.75, 3.05) is 38.5 Å². The highest BCUT2D eigenvalue weighted by Gasteiger charge is 2.43. The Bertz CT molecular complexity index is 738. The molecule has 0 aromatic rings. The van der Waals surface area contributed by atoms with E-state index < -0.39 is 22.0 Å². The second kappa shape index (κ2) is 17.3. The number of quaternary nitrogens is 1. The topological polar surface area (TPSA) is 124 Å². The van der Waals surface area contributed by atoms with Crippen molar-refractivity contribution < 1.29 is 32.5 Å². The van der Waals surface area contributed by atoms with Gasteiger partial charge in [-0.3, -0.25) is 13.8 Å². The number of Topliss-reactive ketones (excluding diaryl/α,β-unsaturated/α-hetero) is 1. The van der Waals surface area contributed by atoms with Gasteiger partial charge in [-0.25, -0.2) is 4.99 Å². The SMILES string of the molecule is C/C=C/CCCCCCCCCCCCCC(=O)C1=NCC[N+]1(CCO)CC(O)CS(=O)(=O)O. The Hall–Kier alpha value is -1.13. The van der Waals surface area contributed by atoms with E-state index >= 15 is 0 Å². The number of nitrogens with zero attached hydrogens (tertiary/aromatic N) is 2. The summed E-state index contributed by atoms with van der Waals surface area (Å²) < 4.78 is 31.2. The van der Waals surface area contributed by atoms with E-state index in [9.17, 15) is 23.4 Å². The lowest BCUT2D eigenvalue weighted by Crippen LogP contribution is -2.59. The Morgan fingerprint density at radius 3 is 2.12 bits per heavy atom. The Morgan fingerprint density at radius 2 is 1.59 bits per heavy atom. The molecule has 2 unspecified atom stereocenters. The number of aliphatic hydroxyl groups is 2. The third kappa shape index (κ3) is 13.1. The average Bonchev–Trinajstić information content (AvgIpc) is 3.15. The molecule has 3 N–H and O–H groups in total. The largest absolute Gasteiger partial charge is 0.390 e. The van der Waals surface area contributed by atoms with Crippen LogP contribution in [0.5, 0.6) is 0 Å². The molecule has 1 heterocycles. The van der Waals surface area contributed by atoms with Crippen LogP contribution < -0.4 is 0 Å². The molecule has 34 heavy (non-hydrogen) atoms. The summed E-state index contributed by atoms with van der Waals surface area (Å²) >= 11 is 0. The molecule has 0 fully saturated rings. The Labute approximate surface area is 206 Å². The highest BCUT2D eigenvalue weighted by atomic mass is 32.2. The average molecular weight is 504 g/mol. The van der Waals surface area contributed by atoms with Crippen LogP contribution in [0.1, 0.15) is 90.4 Å². The summed E-state index contributed by atoms with van der Waals surface area (Å²) in [6.45, 7) is 2.80. The van der Waals surface area contributed by atoms with Crippen LogP contribution in [0.15, 0.2) is 17.1 Å². The van der Waals surface area contributed by atoms with Crippen molar-refractivity contribution in [2.24, 2.45) is 4.99 Å². The van der Waals surface area contributed by atoms with E-state index in [-0.39, 0.29) is 30.0 Å². The van der Waals surface area contributed by atoms with Crippen LogP contribution in [0.25, 0.3) is 0 Å². The molecule has 0 saturated carbocycles. The second-order valence-electron chi connectivity index (χ2n) is 9.53. The number of carbonyl (C=O) groups is 1. The van der Waals surface area contributed by atoms with Crippen LogP contribution in [0.4, 0.5) is 0 Å². The maximum atomic E-state index is 12.8. The second-order valence-corrected chi connectivity index (χ2v) is 11.0. The summed E-state index contributed by atoms with van der Waals surface area (Å²) in [6.07, 6.45) is 17.7. The summed E-state index contributed by atoms with van der Waals surface area (Å²) in [5, 5.41) is 19.7. The molecule has 198 valence electrons. The maximum absolute atomic E-state index is 12.8. The van der Waals surface area contributed by atoms with E-state index in [2.05, 4.69) is 24.1 Å². The zero-order valence-corrected chi connectivity index (χ0v) is 21.9. The Kier molecular flexibility index (Phi) is 15.7. The van der Waals surface area contributed by atoms with Gasteiger partial charge in [0, 0.05) is 6.42 Å². The first-order valence-corrected chi connectivity index (χ1v) is 14.6. The summed E-state index contributed by atoms with van der Waals surface area (Å²) in [7, 11) is -4.33. The minimum Gasteiger partial charge on any atom is -0.390 e. The summed E-state index contributed by atoms with van der Waals surface area (Å²) in [4.78, 5) is 17.2. The molecule has 1 aliphatic rings. The fourth-order valence-electron chi connectivity index (χ4n) is 4.75. The minimum absolute atomic E-state index is 0.0265. The molecule has 9 heteroatoms. The van der Waals surface area contributed by atoms with Gasteiger partial charge in [-0.15, -0.1) is 0 Å². The fourth-order valence-corrected chi connectivity index (χ4v) is 5.34. The normalized spacial score (nSPS) is 19.6. The number of amidine groups is 1. The molecule has 1 aliphatic heterocycles. The van der Waals surface area contributed by atoms with Gasteiger partial charge in [-0.05, 0) is 26.2 Å². The van der Waals surface area contributed by atoms with Crippen molar-refractivity contribution in [1.82, 2.24) is 0 Å². The third-order valence-electron chi connectivity index (χ3n) is 6.49. The van der Waals surface area contributed by atoms with Crippen LogP contribution in [0.2, 0.25) is 0 Å². The molecule has 0 aromatic heterocycles. The van der Waals surface area contributed by atoms with Crippen molar-refractivity contribution in [3.8, 4) is 0 Å². The first-order chi connectivity index (χ1) is 16.2. The first kappa shape index (κ1) is 30.9. The highest BCUT2D eigenvalue weighted by molar-refractivity contribution is 7.85. The molecule has 0 bridgehead atoms. The van der Waals surface area contributed by atoms with Crippen LogP contribution in [-0.4, -0.2) is 83.9 Å². The minimum atomic E-state index is -4.33. The van der Waals surface area contributed by atoms with E-state index in [4.69, 9.17) is 4.55 Å². The van der Waals surface area contributed by atoms with Gasteiger partial charge in [0.1, 0.15) is 31.5 Å². The number of allylic oxidation sites excluding steroid dienone is 2. The van der Waals surface area contributed by atoms with Crippen LogP contribution in [-0.2, 0) is 14.9 Å². The van der Waals surface area contributed by atoms with Crippen LogP contribution in [0, 0.1) is 0 Å². The zero-order valence-electron chi connectivity index (χ0n) is 21.0. The number of hydrogen-bond donors (Lipinski definition) is 3. The number of ketones is 1. The van der Waals surface area contributed by atoms with E-state index in [1.807, 2.05) is 0 Å². The Morgan fingerprint density at radius 1 is 1.03 bits per heavy atom. The first-order valence-electron chi connectivity index (χ1n) is 13.0. The van der Waals surface area contributed by atoms with Crippen molar-refractivity contribution in [2.45, 2.75) is 96.5 Å². The van der Waals surface area contributed by atoms with Gasteiger partial charge in [0.05, 0.1) is 13.2 Å². The van der Waals surface area contributed by atoms with Gasteiger partial charge in [0.2, 0.25) is 5.78 Å². The molecular weight excluding hydrogens is 456 g/mol. The lowest BCUT2D eigenvalue weighted by atomic mass is 10.0. The number of hydrogen-bond acceptors (Lipinski definition) is 6. The van der Waals surface area contributed by atoms with E-state index in [1.54, 1.807) is 0 Å². The van der Waals surface area contributed by atoms with Crippen molar-refractivity contribution >= 4 is 21.7 Å².